The molecule has 2 heterocycles. The number of para-hydroxylation sites is 1. The van der Waals surface area contributed by atoms with Crippen molar-refractivity contribution in [2.24, 2.45) is 17.8 Å². The van der Waals surface area contributed by atoms with Crippen LogP contribution in [0.15, 0.2) is 29.8 Å². The van der Waals surface area contributed by atoms with Gasteiger partial charge in [-0.3, -0.25) is 24.1 Å². The second kappa shape index (κ2) is 7.51. The van der Waals surface area contributed by atoms with E-state index >= 15 is 0 Å². The molecule has 5 rings (SSSR count). The van der Waals surface area contributed by atoms with E-state index in [4.69, 9.17) is 23.2 Å². The van der Waals surface area contributed by atoms with Gasteiger partial charge in [0.15, 0.2) is 21.3 Å². The van der Waals surface area contributed by atoms with E-state index in [1.54, 1.807) is 6.08 Å². The van der Waals surface area contributed by atoms with Crippen LogP contribution >= 0.6 is 23.2 Å². The summed E-state index contributed by atoms with van der Waals surface area (Å²) in [6.45, 7) is 0. The number of likely N-dealkylation sites (tertiary alicyclic amines) is 2. The lowest BCUT2D eigenvalue weighted by Crippen LogP contribution is -2.60. The molecule has 2 saturated heterocycles. The number of halogens is 3. The van der Waals surface area contributed by atoms with Crippen LogP contribution in [0.4, 0.5) is 9.18 Å². The summed E-state index contributed by atoms with van der Waals surface area (Å²) in [6.07, 6.45) is 0.191. The largest absolute Gasteiger partial charge is 0.505 e. The topological polar surface area (TPSA) is 121 Å². The number of nitrogens with zero attached hydrogens (tertiary/aromatic N) is 2. The van der Waals surface area contributed by atoms with Crippen LogP contribution in [-0.2, 0) is 23.9 Å². The van der Waals surface area contributed by atoms with E-state index in [-0.39, 0.29) is 18.4 Å². The van der Waals surface area contributed by atoms with Crippen molar-refractivity contribution in [2.75, 3.05) is 14.2 Å². The molecule has 9 nitrogen and oxygen atoms in total. The number of aromatic hydroxyl groups is 1. The van der Waals surface area contributed by atoms with Gasteiger partial charge in [-0.05, 0) is 24.8 Å². The molecule has 2 aliphatic carbocycles. The van der Waals surface area contributed by atoms with Crippen LogP contribution in [0, 0.1) is 23.6 Å². The fourth-order valence-electron chi connectivity index (χ4n) is 6.13. The van der Waals surface area contributed by atoms with Gasteiger partial charge in [0.25, 0.3) is 11.8 Å². The number of benzene rings is 1. The Kier molecular flexibility index (Phi) is 5.09. The first-order chi connectivity index (χ1) is 16.4. The number of hydrogen-bond acceptors (Lipinski definition) is 7. The first-order valence-electron chi connectivity index (χ1n) is 10.7. The summed E-state index contributed by atoms with van der Waals surface area (Å²) in [7, 11) is 2.25. The molecule has 12 heteroatoms. The molecule has 0 spiro atoms. The first-order valence-corrected chi connectivity index (χ1v) is 11.5. The van der Waals surface area contributed by atoms with Crippen molar-refractivity contribution in [3.8, 4) is 5.75 Å². The minimum Gasteiger partial charge on any atom is -0.505 e. The second-order valence-electron chi connectivity index (χ2n) is 9.16. The molecule has 0 radical (unpaired) electrons. The number of phenolic OH excluding ortho intramolecular Hbond substituents is 1. The lowest BCUT2D eigenvalue weighted by atomic mass is 9.56. The highest BCUT2D eigenvalue weighted by atomic mass is 35.5. The molecule has 0 unspecified atom stereocenters. The van der Waals surface area contributed by atoms with Gasteiger partial charge in [0.05, 0.1) is 18.9 Å². The number of amides is 5. The Morgan fingerprint density at radius 3 is 2.49 bits per heavy atom. The minimum absolute atomic E-state index is 0.0153. The number of hydrogen-bond donors (Lipinski definition) is 1. The summed E-state index contributed by atoms with van der Waals surface area (Å²) in [4.78, 5) is 61.9. The highest BCUT2D eigenvalue weighted by molar-refractivity contribution is 6.53. The van der Waals surface area contributed by atoms with Crippen LogP contribution < -0.4 is 0 Å². The first kappa shape index (κ1) is 23.7. The van der Waals surface area contributed by atoms with Crippen molar-refractivity contribution in [1.29, 1.82) is 0 Å². The van der Waals surface area contributed by atoms with Crippen LogP contribution in [-0.4, -0.2) is 68.5 Å². The molecule has 5 amide bonds. The molecule has 0 bridgehead atoms. The molecule has 4 aliphatic rings. The Bertz CT molecular complexity index is 1270. The molecule has 35 heavy (non-hydrogen) atoms. The quantitative estimate of drug-likeness (QED) is 0.339. The van der Waals surface area contributed by atoms with Crippen molar-refractivity contribution < 1.29 is 38.2 Å². The predicted octanol–water partition coefficient (Wildman–Crippen LogP) is 2.29. The average Bonchev–Trinajstić information content (AvgIpc) is 3.16. The van der Waals surface area contributed by atoms with Crippen molar-refractivity contribution >= 4 is 52.9 Å². The van der Waals surface area contributed by atoms with E-state index in [0.717, 1.165) is 18.1 Å². The summed E-state index contributed by atoms with van der Waals surface area (Å²) in [6, 6.07) is 3.68. The SMILES string of the molecule is COC(=O)N1C(=O)[C@H]2[C@H](CC=C3[C@H]2C[C@@]2(Cl)C(=O)N(C)C(=O)[C@@]2(Cl)[C@H]3c2cccc(F)c2O)C1=O. The summed E-state index contributed by atoms with van der Waals surface area (Å²) in [5.74, 6) is -9.19. The predicted molar refractivity (Wildman–Crippen MR) is 118 cm³/mol. The molecule has 1 aromatic rings. The number of rotatable bonds is 1. The molecule has 3 fully saturated rings. The highest BCUT2D eigenvalue weighted by Gasteiger charge is 2.76. The third kappa shape index (κ3) is 2.72. The number of allylic oxidation sites excluding steroid dienone is 2. The zero-order chi connectivity index (χ0) is 25.6. The normalized spacial score (nSPS) is 36.1. The number of carbonyl (C=O) groups excluding carboxylic acids is 5. The maximum atomic E-state index is 14.4. The average molecular weight is 525 g/mol. The second-order valence-corrected chi connectivity index (χ2v) is 10.4. The summed E-state index contributed by atoms with van der Waals surface area (Å²) < 4.78 is 19.0. The Morgan fingerprint density at radius 2 is 1.83 bits per heavy atom. The van der Waals surface area contributed by atoms with Gasteiger partial charge < -0.3 is 9.84 Å². The molecule has 0 aromatic heterocycles. The number of carbonyl (C=O) groups is 5. The van der Waals surface area contributed by atoms with Crippen LogP contribution in [0.25, 0.3) is 0 Å². The molecular weight excluding hydrogens is 506 g/mol. The maximum Gasteiger partial charge on any atom is 0.423 e. The Balaban J connectivity index is 1.74. The van der Waals surface area contributed by atoms with Gasteiger partial charge in [-0.25, -0.2) is 9.18 Å². The highest BCUT2D eigenvalue weighted by Crippen LogP contribution is 2.66. The Hall–Kier alpha value is -2.98. The van der Waals surface area contributed by atoms with E-state index in [1.165, 1.54) is 19.2 Å². The lowest BCUT2D eigenvalue weighted by molar-refractivity contribution is -0.139. The van der Waals surface area contributed by atoms with E-state index in [1.807, 2.05) is 0 Å². The van der Waals surface area contributed by atoms with E-state index in [9.17, 15) is 33.5 Å². The van der Waals surface area contributed by atoms with Crippen molar-refractivity contribution in [1.82, 2.24) is 9.80 Å². The van der Waals surface area contributed by atoms with Gasteiger partial charge in [-0.1, -0.05) is 23.8 Å². The molecule has 1 aromatic carbocycles. The third-order valence-electron chi connectivity index (χ3n) is 7.70. The lowest BCUT2D eigenvalue weighted by Gasteiger charge is -2.50. The van der Waals surface area contributed by atoms with Crippen LogP contribution in [0.3, 0.4) is 0 Å². The number of fused-ring (bicyclic) bond motifs is 4. The van der Waals surface area contributed by atoms with Crippen LogP contribution in [0.2, 0.25) is 0 Å². The zero-order valence-corrected chi connectivity index (χ0v) is 20.0. The number of imide groups is 4. The monoisotopic (exact) mass is 524 g/mol. The van der Waals surface area contributed by atoms with Gasteiger partial charge in [0.1, 0.15) is 0 Å². The smallest absolute Gasteiger partial charge is 0.423 e. The fraction of sp³-hybridized carbons (Fsp3) is 0.435. The molecular formula is C23H19Cl2FN2O7. The molecule has 2 aliphatic heterocycles. The summed E-state index contributed by atoms with van der Waals surface area (Å²) in [5, 5.41) is 10.6. The van der Waals surface area contributed by atoms with Gasteiger partial charge in [0, 0.05) is 18.5 Å². The van der Waals surface area contributed by atoms with E-state index in [2.05, 4.69) is 4.74 Å². The molecule has 1 saturated carbocycles. The van der Waals surface area contributed by atoms with Gasteiger partial charge >= 0.3 is 6.09 Å². The van der Waals surface area contributed by atoms with Crippen LogP contribution in [0.5, 0.6) is 5.75 Å². The standard InChI is InChI=1S/C23H19Cl2FN2O7/c1-27-19(32)22(24)8-12-9(6-7-10-14(12)18(31)28(17(10)30)21(34)35-2)15(23(22,25)20(27)33)11-4-3-5-13(26)16(11)29/h3-6,10,12,14-15,29H,7-8H2,1-2H3/t10-,12+,14-,15+,22+,23-/m0/s1. The fourth-order valence-corrected chi connectivity index (χ4v) is 7.14. The Labute approximate surface area is 208 Å². The van der Waals surface area contributed by atoms with Crippen LogP contribution in [0.1, 0.15) is 24.3 Å². The molecule has 184 valence electrons. The van der Waals surface area contributed by atoms with E-state index < -0.39 is 74.7 Å². The maximum absolute atomic E-state index is 14.4. The minimum atomic E-state index is -2.14. The van der Waals surface area contributed by atoms with Gasteiger partial charge in [0.2, 0.25) is 11.8 Å². The molecule has 6 atom stereocenters. The van der Waals surface area contributed by atoms with Crippen molar-refractivity contribution in [2.45, 2.75) is 28.5 Å². The zero-order valence-electron chi connectivity index (χ0n) is 18.5. The number of alkyl halides is 2. The number of ether oxygens (including phenoxy) is 1. The Morgan fingerprint density at radius 1 is 1.14 bits per heavy atom. The van der Waals surface area contributed by atoms with E-state index in [0.29, 0.717) is 10.5 Å². The third-order valence-corrected chi connectivity index (χ3v) is 9.11. The van der Waals surface area contributed by atoms with Crippen molar-refractivity contribution in [3.63, 3.8) is 0 Å². The van der Waals surface area contributed by atoms with Gasteiger partial charge in [-0.2, -0.15) is 4.90 Å². The number of phenols is 1. The molecule has 1 N–H and O–H groups in total. The summed E-state index contributed by atoms with van der Waals surface area (Å²) >= 11 is 13.8. The summed E-state index contributed by atoms with van der Waals surface area (Å²) in [5.41, 5.74) is 0.278. The number of methoxy groups -OCH3 is 1. The van der Waals surface area contributed by atoms with Gasteiger partial charge in [-0.15, -0.1) is 23.2 Å². The van der Waals surface area contributed by atoms with Crippen molar-refractivity contribution in [3.05, 3.63) is 41.2 Å².